The summed E-state index contributed by atoms with van der Waals surface area (Å²) in [7, 11) is -3.10. The lowest BCUT2D eigenvalue weighted by atomic mass is 10.1. The van der Waals surface area contributed by atoms with Crippen LogP contribution in [0.25, 0.3) is 0 Å². The van der Waals surface area contributed by atoms with E-state index in [0.717, 1.165) is 36.1 Å². The minimum absolute atomic E-state index is 0.0527. The molecule has 0 radical (unpaired) electrons. The zero-order chi connectivity index (χ0) is 13.2. The van der Waals surface area contributed by atoms with Gasteiger partial charge in [-0.3, -0.25) is 4.98 Å². The quantitative estimate of drug-likeness (QED) is 0.907. The van der Waals surface area contributed by atoms with Gasteiger partial charge in [-0.2, -0.15) is 0 Å². The molecule has 1 aromatic heterocycles. The molecule has 1 saturated heterocycles. The maximum absolute atomic E-state index is 11.2. The number of anilines is 1. The van der Waals surface area contributed by atoms with Crippen LogP contribution in [0, 0.1) is 0 Å². The van der Waals surface area contributed by atoms with E-state index >= 15 is 0 Å². The molecule has 100 valence electrons. The Hall–Kier alpha value is -0.660. The summed E-state index contributed by atoms with van der Waals surface area (Å²) in [5, 5.41) is 0. The van der Waals surface area contributed by atoms with Crippen LogP contribution < -0.4 is 9.62 Å². The first-order chi connectivity index (χ1) is 8.46. The summed E-state index contributed by atoms with van der Waals surface area (Å²) < 4.78 is 26.0. The van der Waals surface area contributed by atoms with Crippen molar-refractivity contribution in [1.29, 1.82) is 0 Å². The Morgan fingerprint density at radius 2 is 2.11 bits per heavy atom. The third-order valence-corrected chi connectivity index (χ3v) is 4.34. The molecular formula is C11H16BrN3O2S. The van der Waals surface area contributed by atoms with E-state index in [1.165, 1.54) is 6.26 Å². The molecular weight excluding hydrogens is 318 g/mol. The summed E-state index contributed by atoms with van der Waals surface area (Å²) in [6.45, 7) is 1.69. The fraction of sp³-hybridized carbons (Fsp3) is 0.545. The first kappa shape index (κ1) is 13.8. The van der Waals surface area contributed by atoms with Gasteiger partial charge in [-0.25, -0.2) is 13.1 Å². The summed E-state index contributed by atoms with van der Waals surface area (Å²) in [5.41, 5.74) is 1.11. The summed E-state index contributed by atoms with van der Waals surface area (Å²) in [5.74, 6) is 0. The van der Waals surface area contributed by atoms with E-state index in [2.05, 4.69) is 30.5 Å². The lowest BCUT2D eigenvalue weighted by Gasteiger charge is -2.34. The molecule has 2 heterocycles. The monoisotopic (exact) mass is 333 g/mol. The molecule has 1 N–H and O–H groups in total. The molecule has 1 aromatic rings. The van der Waals surface area contributed by atoms with Crippen LogP contribution in [-0.2, 0) is 10.0 Å². The number of nitrogens with one attached hydrogen (secondary N) is 1. The second kappa shape index (κ2) is 5.54. The zero-order valence-electron chi connectivity index (χ0n) is 10.1. The smallest absolute Gasteiger partial charge is 0.208 e. The highest BCUT2D eigenvalue weighted by Crippen LogP contribution is 2.27. The Labute approximate surface area is 116 Å². The standard InChI is InChI=1S/C11H16BrN3O2S/c1-18(16,17)14-9-3-6-15(7-4-9)11-2-5-13-8-10(11)12/h2,5,8-9,14H,3-4,6-7H2,1H3. The summed E-state index contributed by atoms with van der Waals surface area (Å²) in [6, 6.07) is 2.02. The molecule has 1 fully saturated rings. The number of pyridine rings is 1. The number of sulfonamides is 1. The number of piperidine rings is 1. The molecule has 0 atom stereocenters. The van der Waals surface area contributed by atoms with Crippen molar-refractivity contribution in [2.45, 2.75) is 18.9 Å². The average molecular weight is 334 g/mol. The highest BCUT2D eigenvalue weighted by Gasteiger charge is 2.22. The SMILES string of the molecule is CS(=O)(=O)NC1CCN(c2ccncc2Br)CC1. The lowest BCUT2D eigenvalue weighted by molar-refractivity contribution is 0.461. The average Bonchev–Trinajstić information content (AvgIpc) is 2.29. The van der Waals surface area contributed by atoms with Crippen LogP contribution >= 0.6 is 15.9 Å². The maximum Gasteiger partial charge on any atom is 0.208 e. The fourth-order valence-corrected chi connectivity index (χ4v) is 3.51. The largest absolute Gasteiger partial charge is 0.370 e. The topological polar surface area (TPSA) is 62.3 Å². The Balaban J connectivity index is 1.97. The number of nitrogens with zero attached hydrogens (tertiary/aromatic N) is 2. The van der Waals surface area contributed by atoms with Crippen molar-refractivity contribution < 1.29 is 8.42 Å². The second-order valence-electron chi connectivity index (χ2n) is 4.48. The number of halogens is 1. The van der Waals surface area contributed by atoms with Gasteiger partial charge >= 0.3 is 0 Å². The summed E-state index contributed by atoms with van der Waals surface area (Å²) in [6.07, 6.45) is 6.39. The van der Waals surface area contributed by atoms with Crippen molar-refractivity contribution in [2.75, 3.05) is 24.2 Å². The normalized spacial score (nSPS) is 18.0. The van der Waals surface area contributed by atoms with Crippen molar-refractivity contribution in [2.24, 2.45) is 0 Å². The van der Waals surface area contributed by atoms with Crippen LogP contribution in [0.4, 0.5) is 5.69 Å². The molecule has 5 nitrogen and oxygen atoms in total. The van der Waals surface area contributed by atoms with Gasteiger partial charge in [0.05, 0.1) is 16.4 Å². The Morgan fingerprint density at radius 3 is 2.67 bits per heavy atom. The van der Waals surface area contributed by atoms with Crippen molar-refractivity contribution in [1.82, 2.24) is 9.71 Å². The molecule has 0 spiro atoms. The van der Waals surface area contributed by atoms with E-state index in [0.29, 0.717) is 0 Å². The lowest BCUT2D eigenvalue weighted by Crippen LogP contribution is -2.44. The Bertz CT molecular complexity index is 513. The van der Waals surface area contributed by atoms with E-state index in [1.807, 2.05) is 6.07 Å². The fourth-order valence-electron chi connectivity index (χ4n) is 2.17. The van der Waals surface area contributed by atoms with Gasteiger partial charge in [-0.15, -0.1) is 0 Å². The van der Waals surface area contributed by atoms with E-state index in [1.54, 1.807) is 12.4 Å². The molecule has 0 aromatic carbocycles. The van der Waals surface area contributed by atoms with Crippen LogP contribution in [0.2, 0.25) is 0 Å². The molecule has 0 saturated carbocycles. The zero-order valence-corrected chi connectivity index (χ0v) is 12.5. The Morgan fingerprint density at radius 1 is 1.44 bits per heavy atom. The van der Waals surface area contributed by atoms with Gasteiger partial charge in [0.25, 0.3) is 0 Å². The number of aromatic nitrogens is 1. The van der Waals surface area contributed by atoms with E-state index in [-0.39, 0.29) is 6.04 Å². The molecule has 1 aliphatic heterocycles. The van der Waals surface area contributed by atoms with Crippen LogP contribution in [-0.4, -0.2) is 38.8 Å². The van der Waals surface area contributed by atoms with Gasteiger partial charge in [0.1, 0.15) is 0 Å². The molecule has 0 aliphatic carbocycles. The molecule has 7 heteroatoms. The minimum atomic E-state index is -3.10. The first-order valence-corrected chi connectivity index (χ1v) is 8.46. The highest BCUT2D eigenvalue weighted by molar-refractivity contribution is 9.10. The van der Waals surface area contributed by atoms with Gasteiger partial charge in [0.2, 0.25) is 10.0 Å². The molecule has 1 aliphatic rings. The third-order valence-electron chi connectivity index (χ3n) is 2.97. The van der Waals surface area contributed by atoms with Crippen molar-refractivity contribution in [3.8, 4) is 0 Å². The number of hydrogen-bond donors (Lipinski definition) is 1. The van der Waals surface area contributed by atoms with Gasteiger partial charge in [-0.05, 0) is 34.8 Å². The van der Waals surface area contributed by atoms with E-state index in [4.69, 9.17) is 0 Å². The van der Waals surface area contributed by atoms with Gasteiger partial charge in [0, 0.05) is 31.5 Å². The predicted molar refractivity (Wildman–Crippen MR) is 75.2 cm³/mol. The summed E-state index contributed by atoms with van der Waals surface area (Å²) >= 11 is 3.48. The van der Waals surface area contributed by atoms with Crippen LogP contribution in [0.5, 0.6) is 0 Å². The van der Waals surface area contributed by atoms with Crippen LogP contribution in [0.1, 0.15) is 12.8 Å². The minimum Gasteiger partial charge on any atom is -0.370 e. The van der Waals surface area contributed by atoms with Crippen LogP contribution in [0.15, 0.2) is 22.9 Å². The predicted octanol–water partition coefficient (Wildman–Crippen LogP) is 1.36. The van der Waals surface area contributed by atoms with Crippen molar-refractivity contribution in [3.63, 3.8) is 0 Å². The van der Waals surface area contributed by atoms with Crippen molar-refractivity contribution >= 4 is 31.6 Å². The maximum atomic E-state index is 11.2. The van der Waals surface area contributed by atoms with E-state index < -0.39 is 10.0 Å². The molecule has 0 bridgehead atoms. The molecule has 0 unspecified atom stereocenters. The molecule has 18 heavy (non-hydrogen) atoms. The molecule has 2 rings (SSSR count). The van der Waals surface area contributed by atoms with Gasteiger partial charge < -0.3 is 4.90 Å². The van der Waals surface area contributed by atoms with Crippen LogP contribution in [0.3, 0.4) is 0 Å². The first-order valence-electron chi connectivity index (χ1n) is 5.77. The summed E-state index contributed by atoms with van der Waals surface area (Å²) in [4.78, 5) is 6.28. The number of hydrogen-bond acceptors (Lipinski definition) is 4. The Kier molecular flexibility index (Phi) is 4.24. The van der Waals surface area contributed by atoms with E-state index in [9.17, 15) is 8.42 Å². The molecule has 0 amide bonds. The third kappa shape index (κ3) is 3.66. The van der Waals surface area contributed by atoms with Gasteiger partial charge in [-0.1, -0.05) is 0 Å². The van der Waals surface area contributed by atoms with Crippen molar-refractivity contribution in [3.05, 3.63) is 22.9 Å². The highest BCUT2D eigenvalue weighted by atomic mass is 79.9. The second-order valence-corrected chi connectivity index (χ2v) is 7.11. The van der Waals surface area contributed by atoms with Gasteiger partial charge in [0.15, 0.2) is 0 Å². The number of rotatable bonds is 3.